The number of nitrogens with two attached hydrogens (primary N) is 1. The van der Waals surface area contributed by atoms with Crippen molar-refractivity contribution in [2.24, 2.45) is 0 Å². The molecule has 96 valence electrons. The Morgan fingerprint density at radius 2 is 2.16 bits per heavy atom. The predicted molar refractivity (Wildman–Crippen MR) is 69.9 cm³/mol. The molecular weight excluding hydrogens is 242 g/mol. The highest BCUT2D eigenvalue weighted by molar-refractivity contribution is 5.90. The first-order chi connectivity index (χ1) is 9.24. The van der Waals surface area contributed by atoms with E-state index in [4.69, 9.17) is 5.73 Å². The van der Waals surface area contributed by atoms with Crippen LogP contribution in [0, 0.1) is 6.92 Å². The van der Waals surface area contributed by atoms with E-state index in [1.54, 1.807) is 4.68 Å². The van der Waals surface area contributed by atoms with Crippen LogP contribution in [-0.4, -0.2) is 30.2 Å². The summed E-state index contributed by atoms with van der Waals surface area (Å²) in [6.45, 7) is 1.90. The Morgan fingerprint density at radius 3 is 2.84 bits per heavy atom. The zero-order valence-electron chi connectivity index (χ0n) is 10.5. The van der Waals surface area contributed by atoms with Crippen molar-refractivity contribution in [3.8, 4) is 5.82 Å². The zero-order valence-corrected chi connectivity index (χ0v) is 10.5. The van der Waals surface area contributed by atoms with Gasteiger partial charge in [0.2, 0.25) is 0 Å². The molecule has 0 aliphatic heterocycles. The Morgan fingerprint density at radius 1 is 1.32 bits per heavy atom. The molecular formula is C12H13N7. The standard InChI is InChI=1S/C12H13N7/c1-6-2-5-8(15-14-6)19-12-9(11(13)16-17-12)10(18-19)7-3-4-7/h2,5,7H,3-4H2,1H3,(H3,13,16,17). The minimum Gasteiger partial charge on any atom is -0.383 e. The topological polar surface area (TPSA) is 98.3 Å². The Hall–Kier alpha value is -2.44. The van der Waals surface area contributed by atoms with E-state index in [1.807, 2.05) is 19.1 Å². The summed E-state index contributed by atoms with van der Waals surface area (Å²) in [5, 5.41) is 20.8. The van der Waals surface area contributed by atoms with E-state index in [-0.39, 0.29) is 0 Å². The number of fused-ring (bicyclic) bond motifs is 1. The van der Waals surface area contributed by atoms with Crippen molar-refractivity contribution in [1.29, 1.82) is 0 Å². The number of H-pyrrole nitrogens is 1. The van der Waals surface area contributed by atoms with Crippen molar-refractivity contribution >= 4 is 16.9 Å². The van der Waals surface area contributed by atoms with Crippen LogP contribution in [0.3, 0.4) is 0 Å². The van der Waals surface area contributed by atoms with Crippen LogP contribution in [0.1, 0.15) is 30.1 Å². The van der Waals surface area contributed by atoms with Gasteiger partial charge in [-0.25, -0.2) is 0 Å². The Labute approximate surface area is 108 Å². The quantitative estimate of drug-likeness (QED) is 0.719. The van der Waals surface area contributed by atoms with Crippen molar-refractivity contribution in [3.63, 3.8) is 0 Å². The number of rotatable bonds is 2. The molecule has 0 spiro atoms. The third kappa shape index (κ3) is 1.51. The van der Waals surface area contributed by atoms with Crippen molar-refractivity contribution in [3.05, 3.63) is 23.5 Å². The van der Waals surface area contributed by atoms with Gasteiger partial charge in [0.25, 0.3) is 0 Å². The van der Waals surface area contributed by atoms with Crippen LogP contribution in [0.2, 0.25) is 0 Å². The van der Waals surface area contributed by atoms with Crippen LogP contribution in [-0.2, 0) is 0 Å². The number of aromatic nitrogens is 6. The SMILES string of the molecule is Cc1ccc(-n2nc(C3CC3)c3c(N)[nH]nc32)nn1. The molecule has 19 heavy (non-hydrogen) atoms. The monoisotopic (exact) mass is 255 g/mol. The second kappa shape index (κ2) is 3.53. The lowest BCUT2D eigenvalue weighted by Crippen LogP contribution is -2.03. The maximum absolute atomic E-state index is 5.95. The van der Waals surface area contributed by atoms with Crippen LogP contribution in [0.25, 0.3) is 16.9 Å². The van der Waals surface area contributed by atoms with Gasteiger partial charge in [0.15, 0.2) is 11.5 Å². The Kier molecular flexibility index (Phi) is 1.95. The lowest BCUT2D eigenvalue weighted by molar-refractivity contribution is 0.789. The summed E-state index contributed by atoms with van der Waals surface area (Å²) in [7, 11) is 0. The molecule has 4 rings (SSSR count). The molecule has 3 aromatic rings. The molecule has 3 aromatic heterocycles. The summed E-state index contributed by atoms with van der Waals surface area (Å²) < 4.78 is 1.71. The van der Waals surface area contributed by atoms with Gasteiger partial charge in [-0.3, -0.25) is 5.10 Å². The average molecular weight is 255 g/mol. The summed E-state index contributed by atoms with van der Waals surface area (Å²) in [6.07, 6.45) is 2.33. The zero-order chi connectivity index (χ0) is 13.0. The van der Waals surface area contributed by atoms with Crippen molar-refractivity contribution in [1.82, 2.24) is 30.2 Å². The second-order valence-corrected chi connectivity index (χ2v) is 4.94. The number of aryl methyl sites for hydroxylation is 1. The molecule has 3 N–H and O–H groups in total. The van der Waals surface area contributed by atoms with Crippen LogP contribution in [0.4, 0.5) is 5.82 Å². The Balaban J connectivity index is 1.96. The molecule has 0 bridgehead atoms. The van der Waals surface area contributed by atoms with Crippen molar-refractivity contribution in [2.45, 2.75) is 25.7 Å². The number of aromatic amines is 1. The van der Waals surface area contributed by atoms with E-state index in [9.17, 15) is 0 Å². The second-order valence-electron chi connectivity index (χ2n) is 4.94. The number of nitrogens with one attached hydrogen (secondary N) is 1. The van der Waals surface area contributed by atoms with E-state index >= 15 is 0 Å². The fourth-order valence-electron chi connectivity index (χ4n) is 2.26. The third-order valence-corrected chi connectivity index (χ3v) is 3.40. The van der Waals surface area contributed by atoms with Crippen LogP contribution in [0.15, 0.2) is 12.1 Å². The summed E-state index contributed by atoms with van der Waals surface area (Å²) in [5.41, 5.74) is 8.56. The number of nitrogens with zero attached hydrogens (tertiary/aromatic N) is 5. The minimum atomic E-state index is 0.502. The fraction of sp³-hybridized carbons (Fsp3) is 0.333. The number of anilines is 1. The molecule has 0 amide bonds. The molecule has 0 radical (unpaired) electrons. The summed E-state index contributed by atoms with van der Waals surface area (Å²) in [6, 6.07) is 3.79. The van der Waals surface area contributed by atoms with Gasteiger partial charge in [-0.15, -0.1) is 5.10 Å². The van der Waals surface area contributed by atoms with E-state index in [0.717, 1.165) is 35.3 Å². The highest BCUT2D eigenvalue weighted by Gasteiger charge is 2.31. The molecule has 1 saturated carbocycles. The van der Waals surface area contributed by atoms with Gasteiger partial charge in [-0.1, -0.05) is 0 Å². The summed E-state index contributed by atoms with van der Waals surface area (Å²) in [5.74, 6) is 1.74. The fourth-order valence-corrected chi connectivity index (χ4v) is 2.26. The van der Waals surface area contributed by atoms with E-state index in [2.05, 4.69) is 25.5 Å². The lowest BCUT2D eigenvalue weighted by Gasteiger charge is -1.99. The molecule has 0 aromatic carbocycles. The first-order valence-corrected chi connectivity index (χ1v) is 6.27. The highest BCUT2D eigenvalue weighted by Crippen LogP contribution is 2.43. The van der Waals surface area contributed by atoms with E-state index in [1.165, 1.54) is 0 Å². The predicted octanol–water partition coefficient (Wildman–Crippen LogP) is 1.31. The molecule has 7 heteroatoms. The molecule has 7 nitrogen and oxygen atoms in total. The van der Waals surface area contributed by atoms with Crippen LogP contribution < -0.4 is 5.73 Å². The first kappa shape index (κ1) is 10.5. The molecule has 1 fully saturated rings. The van der Waals surface area contributed by atoms with Crippen molar-refractivity contribution in [2.75, 3.05) is 5.73 Å². The third-order valence-electron chi connectivity index (χ3n) is 3.40. The lowest BCUT2D eigenvalue weighted by atomic mass is 10.2. The minimum absolute atomic E-state index is 0.502. The number of hydrogen-bond acceptors (Lipinski definition) is 5. The first-order valence-electron chi connectivity index (χ1n) is 6.27. The van der Waals surface area contributed by atoms with Gasteiger partial charge in [0.1, 0.15) is 5.82 Å². The van der Waals surface area contributed by atoms with E-state index < -0.39 is 0 Å². The van der Waals surface area contributed by atoms with Gasteiger partial charge in [-0.05, 0) is 31.9 Å². The van der Waals surface area contributed by atoms with Gasteiger partial charge in [0.05, 0.1) is 16.8 Å². The maximum Gasteiger partial charge on any atom is 0.188 e. The molecule has 0 saturated heterocycles. The van der Waals surface area contributed by atoms with Gasteiger partial charge in [0, 0.05) is 5.92 Å². The summed E-state index contributed by atoms with van der Waals surface area (Å²) >= 11 is 0. The van der Waals surface area contributed by atoms with Gasteiger partial charge < -0.3 is 5.73 Å². The van der Waals surface area contributed by atoms with Gasteiger partial charge in [-0.2, -0.15) is 20.0 Å². The molecule has 0 unspecified atom stereocenters. The number of nitrogen functional groups attached to an aromatic ring is 1. The van der Waals surface area contributed by atoms with Gasteiger partial charge >= 0.3 is 0 Å². The molecule has 0 atom stereocenters. The smallest absolute Gasteiger partial charge is 0.188 e. The normalized spacial score (nSPS) is 15.2. The summed E-state index contributed by atoms with van der Waals surface area (Å²) in [4.78, 5) is 0. The largest absolute Gasteiger partial charge is 0.383 e. The average Bonchev–Trinajstić information content (AvgIpc) is 3.08. The van der Waals surface area contributed by atoms with E-state index in [0.29, 0.717) is 17.6 Å². The van der Waals surface area contributed by atoms with Crippen LogP contribution in [0.5, 0.6) is 0 Å². The van der Waals surface area contributed by atoms with Crippen molar-refractivity contribution < 1.29 is 0 Å². The molecule has 1 aliphatic carbocycles. The molecule has 3 heterocycles. The Bertz CT molecular complexity index is 748. The van der Waals surface area contributed by atoms with Crippen LogP contribution >= 0.6 is 0 Å². The highest BCUT2D eigenvalue weighted by atomic mass is 15.4. The number of hydrogen-bond donors (Lipinski definition) is 2. The maximum atomic E-state index is 5.95. The molecule has 1 aliphatic rings.